The van der Waals surface area contributed by atoms with Crippen molar-refractivity contribution in [3.8, 4) is 6.07 Å². The van der Waals surface area contributed by atoms with Gasteiger partial charge in [-0.05, 0) is 11.1 Å². The monoisotopic (exact) mass is 184 g/mol. The molecule has 68 valence electrons. The van der Waals surface area contributed by atoms with Crippen molar-refractivity contribution in [2.24, 2.45) is 5.11 Å². The minimum absolute atomic E-state index is 0.352. The molecule has 0 fully saturated rings. The van der Waals surface area contributed by atoms with Crippen LogP contribution in [0.5, 0.6) is 0 Å². The van der Waals surface area contributed by atoms with Crippen molar-refractivity contribution < 1.29 is 0 Å². The van der Waals surface area contributed by atoms with Crippen LogP contribution in [0.15, 0.2) is 35.5 Å². The molecule has 0 N–H and O–H groups in total. The first kappa shape index (κ1) is 9.85. The maximum atomic E-state index is 8.33. The number of rotatable bonds is 3. The van der Waals surface area contributed by atoms with Gasteiger partial charge in [-0.25, -0.2) is 0 Å². The number of hydrogen-bond donors (Lipinski definition) is 0. The number of azide groups is 1. The molecule has 0 saturated heterocycles. The van der Waals surface area contributed by atoms with Crippen LogP contribution in [0.4, 0.5) is 5.69 Å². The molecular formula is C10H8N4. The van der Waals surface area contributed by atoms with Gasteiger partial charge < -0.3 is 0 Å². The van der Waals surface area contributed by atoms with E-state index < -0.39 is 0 Å². The Morgan fingerprint density at radius 1 is 1.50 bits per heavy atom. The molecular weight excluding hydrogens is 176 g/mol. The standard InChI is InChI=1S/C10H8N4/c11-8-4-3-6-9-5-1-2-7-10(9)13-14-12/h1-3,5-7H,4H2. The van der Waals surface area contributed by atoms with E-state index in [-0.39, 0.29) is 0 Å². The number of nitriles is 1. The summed E-state index contributed by atoms with van der Waals surface area (Å²) in [4.78, 5) is 2.72. The predicted molar refractivity (Wildman–Crippen MR) is 54.5 cm³/mol. The van der Waals surface area contributed by atoms with Crippen molar-refractivity contribution in [3.63, 3.8) is 0 Å². The SMILES string of the molecule is N#CCC=Cc1ccccc1N=[N+]=[N-]. The van der Waals surface area contributed by atoms with Crippen molar-refractivity contribution in [1.29, 1.82) is 5.26 Å². The second-order valence-electron chi connectivity index (χ2n) is 2.51. The fourth-order valence-electron chi connectivity index (χ4n) is 1.01. The van der Waals surface area contributed by atoms with Gasteiger partial charge in [-0.15, -0.1) is 0 Å². The van der Waals surface area contributed by atoms with E-state index in [1.807, 2.05) is 18.2 Å². The van der Waals surface area contributed by atoms with E-state index in [0.717, 1.165) is 5.56 Å². The molecule has 0 unspecified atom stereocenters. The van der Waals surface area contributed by atoms with Gasteiger partial charge in [0, 0.05) is 10.6 Å². The van der Waals surface area contributed by atoms with E-state index in [9.17, 15) is 0 Å². The Labute approximate surface area is 81.7 Å². The summed E-state index contributed by atoms with van der Waals surface area (Å²) >= 11 is 0. The van der Waals surface area contributed by atoms with E-state index in [0.29, 0.717) is 12.1 Å². The van der Waals surface area contributed by atoms with Gasteiger partial charge in [0.25, 0.3) is 0 Å². The Morgan fingerprint density at radius 2 is 2.29 bits per heavy atom. The normalized spacial score (nSPS) is 9.36. The molecule has 0 bridgehead atoms. The summed E-state index contributed by atoms with van der Waals surface area (Å²) in [5.41, 5.74) is 9.69. The van der Waals surface area contributed by atoms with Crippen molar-refractivity contribution in [2.45, 2.75) is 6.42 Å². The summed E-state index contributed by atoms with van der Waals surface area (Å²) < 4.78 is 0. The minimum atomic E-state index is 0.352. The second kappa shape index (κ2) is 5.41. The third-order valence-corrected chi connectivity index (χ3v) is 1.60. The van der Waals surface area contributed by atoms with Gasteiger partial charge in [0.05, 0.1) is 12.5 Å². The van der Waals surface area contributed by atoms with E-state index in [1.54, 1.807) is 24.3 Å². The number of benzene rings is 1. The maximum Gasteiger partial charge on any atom is 0.0663 e. The van der Waals surface area contributed by atoms with Gasteiger partial charge in [0.15, 0.2) is 0 Å². The molecule has 0 heterocycles. The Hall–Kier alpha value is -2.24. The van der Waals surface area contributed by atoms with E-state index in [4.69, 9.17) is 10.8 Å². The zero-order valence-electron chi connectivity index (χ0n) is 7.46. The summed E-state index contributed by atoms with van der Waals surface area (Å²) in [6, 6.07) is 9.21. The lowest BCUT2D eigenvalue weighted by atomic mass is 10.1. The van der Waals surface area contributed by atoms with Gasteiger partial charge in [-0.3, -0.25) is 0 Å². The molecule has 0 aromatic heterocycles. The molecule has 0 aliphatic heterocycles. The van der Waals surface area contributed by atoms with Gasteiger partial charge >= 0.3 is 0 Å². The van der Waals surface area contributed by atoms with Crippen LogP contribution in [0.25, 0.3) is 16.5 Å². The van der Waals surface area contributed by atoms with E-state index in [1.165, 1.54) is 0 Å². The molecule has 4 nitrogen and oxygen atoms in total. The van der Waals surface area contributed by atoms with Gasteiger partial charge in [-0.1, -0.05) is 41.5 Å². The molecule has 1 aromatic carbocycles. The van der Waals surface area contributed by atoms with Gasteiger partial charge in [0.2, 0.25) is 0 Å². The van der Waals surface area contributed by atoms with Crippen molar-refractivity contribution >= 4 is 11.8 Å². The van der Waals surface area contributed by atoms with Crippen molar-refractivity contribution in [2.75, 3.05) is 0 Å². The second-order valence-corrected chi connectivity index (χ2v) is 2.51. The van der Waals surface area contributed by atoms with Crippen molar-refractivity contribution in [3.05, 3.63) is 46.3 Å². The summed E-state index contributed by atoms with van der Waals surface area (Å²) in [7, 11) is 0. The molecule has 0 radical (unpaired) electrons. The lowest BCUT2D eigenvalue weighted by Crippen LogP contribution is -1.71. The topological polar surface area (TPSA) is 72.5 Å². The fourth-order valence-corrected chi connectivity index (χ4v) is 1.01. The molecule has 0 aliphatic rings. The summed E-state index contributed by atoms with van der Waals surface area (Å²) in [5, 5.41) is 11.9. The highest BCUT2D eigenvalue weighted by Gasteiger charge is 1.93. The van der Waals surface area contributed by atoms with Crippen molar-refractivity contribution in [1.82, 2.24) is 0 Å². The first-order valence-electron chi connectivity index (χ1n) is 4.06. The molecule has 1 aromatic rings. The highest BCUT2D eigenvalue weighted by molar-refractivity contribution is 5.63. The average molecular weight is 184 g/mol. The summed E-state index contributed by atoms with van der Waals surface area (Å²) in [6.45, 7) is 0. The van der Waals surface area contributed by atoms with Crippen LogP contribution in [0.2, 0.25) is 0 Å². The molecule has 0 atom stereocenters. The quantitative estimate of drug-likeness (QED) is 0.402. The predicted octanol–water partition coefficient (Wildman–Crippen LogP) is 3.56. The van der Waals surface area contributed by atoms with Crippen LogP contribution in [0.1, 0.15) is 12.0 Å². The average Bonchev–Trinajstić information content (AvgIpc) is 2.21. The largest absolute Gasteiger partial charge is 0.198 e. The summed E-state index contributed by atoms with van der Waals surface area (Å²) in [6.07, 6.45) is 3.85. The fraction of sp³-hybridized carbons (Fsp3) is 0.100. The lowest BCUT2D eigenvalue weighted by molar-refractivity contribution is 1.36. The van der Waals surface area contributed by atoms with Crippen LogP contribution < -0.4 is 0 Å². The van der Waals surface area contributed by atoms with Gasteiger partial charge in [0.1, 0.15) is 0 Å². The molecule has 14 heavy (non-hydrogen) atoms. The Balaban J connectivity index is 2.96. The molecule has 0 saturated carbocycles. The van der Waals surface area contributed by atoms with E-state index in [2.05, 4.69) is 10.0 Å². The third-order valence-electron chi connectivity index (χ3n) is 1.60. The maximum absolute atomic E-state index is 8.33. The lowest BCUT2D eigenvalue weighted by Gasteiger charge is -1.96. The summed E-state index contributed by atoms with van der Waals surface area (Å²) in [5.74, 6) is 0. The zero-order valence-corrected chi connectivity index (χ0v) is 7.46. The number of nitrogens with zero attached hydrogens (tertiary/aromatic N) is 4. The highest BCUT2D eigenvalue weighted by atomic mass is 15.1. The van der Waals surface area contributed by atoms with Crippen LogP contribution in [-0.4, -0.2) is 0 Å². The molecule has 1 rings (SSSR count). The number of allylic oxidation sites excluding steroid dienone is 1. The minimum Gasteiger partial charge on any atom is -0.198 e. The van der Waals surface area contributed by atoms with Crippen LogP contribution in [0, 0.1) is 11.3 Å². The Bertz CT molecular complexity index is 422. The Kier molecular flexibility index (Phi) is 3.81. The Morgan fingerprint density at radius 3 is 3.00 bits per heavy atom. The molecule has 0 spiro atoms. The molecule has 4 heteroatoms. The first-order chi connectivity index (χ1) is 6.88. The molecule has 0 amide bonds. The van der Waals surface area contributed by atoms with Crippen LogP contribution >= 0.6 is 0 Å². The smallest absolute Gasteiger partial charge is 0.0663 e. The highest BCUT2D eigenvalue weighted by Crippen LogP contribution is 2.20. The van der Waals surface area contributed by atoms with Gasteiger partial charge in [-0.2, -0.15) is 5.26 Å². The van der Waals surface area contributed by atoms with Crippen LogP contribution in [0.3, 0.4) is 0 Å². The first-order valence-corrected chi connectivity index (χ1v) is 4.06. The van der Waals surface area contributed by atoms with Crippen LogP contribution in [-0.2, 0) is 0 Å². The zero-order chi connectivity index (χ0) is 10.2. The van der Waals surface area contributed by atoms with E-state index >= 15 is 0 Å². The number of hydrogen-bond acceptors (Lipinski definition) is 2. The third kappa shape index (κ3) is 2.67. The molecule has 0 aliphatic carbocycles.